The molecular formula is C12H16F3N3O. The molecule has 1 saturated heterocycles. The van der Waals surface area contributed by atoms with Crippen molar-refractivity contribution < 1.29 is 17.9 Å². The molecule has 0 bridgehead atoms. The largest absolute Gasteiger partial charge is 0.411 e. The third-order valence-corrected chi connectivity index (χ3v) is 2.72. The summed E-state index contributed by atoms with van der Waals surface area (Å²) in [5, 5.41) is 8.67. The van der Waals surface area contributed by atoms with Crippen LogP contribution < -0.4 is 0 Å². The summed E-state index contributed by atoms with van der Waals surface area (Å²) in [5.41, 5.74) is 0. The minimum absolute atomic E-state index is 0.0653. The Bertz CT molecular complexity index is 380. The van der Waals surface area contributed by atoms with Gasteiger partial charge in [0.2, 0.25) is 0 Å². The molecule has 0 aromatic heterocycles. The van der Waals surface area contributed by atoms with Crippen LogP contribution in [-0.4, -0.2) is 61.5 Å². The van der Waals surface area contributed by atoms with Gasteiger partial charge in [0, 0.05) is 19.6 Å². The Hall–Kier alpha value is -1.28. The Kier molecular flexibility index (Phi) is 6.10. The molecule has 1 atom stereocenters. The number of alkyl halides is 3. The van der Waals surface area contributed by atoms with Crippen LogP contribution in [0.25, 0.3) is 0 Å². The van der Waals surface area contributed by atoms with Crippen molar-refractivity contribution in [3.05, 3.63) is 0 Å². The molecule has 0 aliphatic carbocycles. The van der Waals surface area contributed by atoms with Gasteiger partial charge in [0.25, 0.3) is 0 Å². The zero-order valence-corrected chi connectivity index (χ0v) is 10.7. The summed E-state index contributed by atoms with van der Waals surface area (Å²) >= 11 is 0. The van der Waals surface area contributed by atoms with Gasteiger partial charge in [-0.3, -0.25) is 9.80 Å². The zero-order chi connectivity index (χ0) is 14.3. The van der Waals surface area contributed by atoms with E-state index in [2.05, 4.69) is 11.8 Å². The summed E-state index contributed by atoms with van der Waals surface area (Å²) in [7, 11) is 0. The van der Waals surface area contributed by atoms with Crippen molar-refractivity contribution >= 4 is 0 Å². The van der Waals surface area contributed by atoms with Gasteiger partial charge in [0.1, 0.15) is 12.8 Å². The van der Waals surface area contributed by atoms with Gasteiger partial charge in [-0.25, -0.2) is 0 Å². The van der Waals surface area contributed by atoms with Crippen LogP contribution in [-0.2, 0) is 4.74 Å². The number of rotatable bonds is 4. The lowest BCUT2D eigenvalue weighted by Crippen LogP contribution is -2.54. The molecule has 19 heavy (non-hydrogen) atoms. The van der Waals surface area contributed by atoms with Crippen LogP contribution >= 0.6 is 0 Å². The average molecular weight is 275 g/mol. The van der Waals surface area contributed by atoms with E-state index in [0.29, 0.717) is 26.2 Å². The maximum atomic E-state index is 12.2. The Morgan fingerprint density at radius 1 is 1.32 bits per heavy atom. The number of piperazine rings is 1. The Morgan fingerprint density at radius 3 is 2.63 bits per heavy atom. The molecule has 0 aromatic carbocycles. The SMILES string of the molecule is CC#CCN1CCN(CC#N)C(OCC(F)(F)F)C1. The predicted molar refractivity (Wildman–Crippen MR) is 62.9 cm³/mol. The molecular weight excluding hydrogens is 259 g/mol. The molecule has 1 rings (SSSR count). The third kappa shape index (κ3) is 5.93. The molecule has 0 spiro atoms. The first-order chi connectivity index (χ1) is 8.96. The first-order valence-corrected chi connectivity index (χ1v) is 5.87. The lowest BCUT2D eigenvalue weighted by Gasteiger charge is -2.39. The molecule has 7 heteroatoms. The molecule has 1 aliphatic rings. The van der Waals surface area contributed by atoms with Gasteiger partial charge in [-0.05, 0) is 6.92 Å². The highest BCUT2D eigenvalue weighted by atomic mass is 19.4. The number of halogens is 3. The highest BCUT2D eigenvalue weighted by Gasteiger charge is 2.33. The van der Waals surface area contributed by atoms with Crippen LogP contribution in [0.4, 0.5) is 13.2 Å². The first kappa shape index (κ1) is 15.8. The van der Waals surface area contributed by atoms with E-state index in [1.807, 2.05) is 11.0 Å². The van der Waals surface area contributed by atoms with Crippen molar-refractivity contribution in [3.8, 4) is 17.9 Å². The Balaban J connectivity index is 2.56. The molecule has 1 unspecified atom stereocenters. The molecule has 0 N–H and O–H groups in total. The fraction of sp³-hybridized carbons (Fsp3) is 0.750. The fourth-order valence-electron chi connectivity index (χ4n) is 1.80. The van der Waals surface area contributed by atoms with Crippen molar-refractivity contribution in [1.29, 1.82) is 5.26 Å². The second-order valence-corrected chi connectivity index (χ2v) is 4.17. The number of nitriles is 1. The van der Waals surface area contributed by atoms with Crippen molar-refractivity contribution in [2.45, 2.75) is 19.3 Å². The van der Waals surface area contributed by atoms with Gasteiger partial charge >= 0.3 is 6.18 Å². The lowest BCUT2D eigenvalue weighted by molar-refractivity contribution is -0.209. The third-order valence-electron chi connectivity index (χ3n) is 2.72. The van der Waals surface area contributed by atoms with Crippen LogP contribution in [0.2, 0.25) is 0 Å². The van der Waals surface area contributed by atoms with Crippen LogP contribution in [0.1, 0.15) is 6.92 Å². The summed E-state index contributed by atoms with van der Waals surface area (Å²) in [6.45, 7) is 2.48. The lowest BCUT2D eigenvalue weighted by atomic mass is 10.3. The summed E-state index contributed by atoms with van der Waals surface area (Å²) in [5.74, 6) is 5.62. The van der Waals surface area contributed by atoms with Gasteiger partial charge in [-0.15, -0.1) is 5.92 Å². The Morgan fingerprint density at radius 2 is 2.05 bits per heavy atom. The predicted octanol–water partition coefficient (Wildman–Crippen LogP) is 1.06. The highest BCUT2D eigenvalue weighted by molar-refractivity contribution is 4.99. The second kappa shape index (κ2) is 7.34. The summed E-state index contributed by atoms with van der Waals surface area (Å²) in [6, 6.07) is 1.94. The number of nitrogens with zero attached hydrogens (tertiary/aromatic N) is 3. The quantitative estimate of drug-likeness (QED) is 0.568. The van der Waals surface area contributed by atoms with E-state index in [1.54, 1.807) is 11.8 Å². The minimum Gasteiger partial charge on any atom is -0.352 e. The van der Waals surface area contributed by atoms with E-state index in [-0.39, 0.29) is 6.54 Å². The van der Waals surface area contributed by atoms with E-state index < -0.39 is 19.0 Å². The molecule has 1 fully saturated rings. The van der Waals surface area contributed by atoms with Crippen molar-refractivity contribution in [2.24, 2.45) is 0 Å². The van der Waals surface area contributed by atoms with E-state index >= 15 is 0 Å². The summed E-state index contributed by atoms with van der Waals surface area (Å²) in [6.07, 6.45) is -5.07. The fourth-order valence-corrected chi connectivity index (χ4v) is 1.80. The highest BCUT2D eigenvalue weighted by Crippen LogP contribution is 2.18. The van der Waals surface area contributed by atoms with Gasteiger partial charge in [0.05, 0.1) is 19.2 Å². The zero-order valence-electron chi connectivity index (χ0n) is 10.7. The average Bonchev–Trinajstić information content (AvgIpc) is 2.35. The smallest absolute Gasteiger partial charge is 0.352 e. The number of hydrogen-bond acceptors (Lipinski definition) is 4. The molecule has 0 amide bonds. The van der Waals surface area contributed by atoms with Gasteiger partial charge < -0.3 is 4.74 Å². The van der Waals surface area contributed by atoms with Gasteiger partial charge in [-0.1, -0.05) is 5.92 Å². The molecule has 1 heterocycles. The normalized spacial score (nSPS) is 21.5. The number of ether oxygens (including phenoxy) is 1. The van der Waals surface area contributed by atoms with Crippen molar-refractivity contribution in [2.75, 3.05) is 39.3 Å². The second-order valence-electron chi connectivity index (χ2n) is 4.17. The van der Waals surface area contributed by atoms with Gasteiger partial charge in [-0.2, -0.15) is 18.4 Å². The van der Waals surface area contributed by atoms with Crippen LogP contribution in [0.15, 0.2) is 0 Å². The van der Waals surface area contributed by atoms with Crippen molar-refractivity contribution in [3.63, 3.8) is 0 Å². The maximum absolute atomic E-state index is 12.2. The molecule has 0 radical (unpaired) electrons. The van der Waals surface area contributed by atoms with Crippen molar-refractivity contribution in [1.82, 2.24) is 9.80 Å². The first-order valence-electron chi connectivity index (χ1n) is 5.87. The summed E-state index contributed by atoms with van der Waals surface area (Å²) in [4.78, 5) is 3.53. The summed E-state index contributed by atoms with van der Waals surface area (Å²) < 4.78 is 41.4. The minimum atomic E-state index is -4.36. The van der Waals surface area contributed by atoms with Crippen LogP contribution in [0.3, 0.4) is 0 Å². The van der Waals surface area contributed by atoms with E-state index in [9.17, 15) is 13.2 Å². The molecule has 0 saturated carbocycles. The standard InChI is InChI=1S/C12H16F3N3O/c1-2-3-5-17-7-8-18(6-4-16)11(9-17)19-10-12(13,14)15/h11H,5-10H2,1H3. The molecule has 4 nitrogen and oxygen atoms in total. The topological polar surface area (TPSA) is 39.5 Å². The van der Waals surface area contributed by atoms with Crippen LogP contribution in [0, 0.1) is 23.2 Å². The Labute approximate surface area is 110 Å². The van der Waals surface area contributed by atoms with E-state index in [1.165, 1.54) is 0 Å². The van der Waals surface area contributed by atoms with Crippen LogP contribution in [0.5, 0.6) is 0 Å². The maximum Gasteiger partial charge on any atom is 0.411 e. The molecule has 0 aromatic rings. The molecule has 106 valence electrons. The molecule has 1 aliphatic heterocycles. The number of hydrogen-bond donors (Lipinski definition) is 0. The van der Waals surface area contributed by atoms with Gasteiger partial charge in [0.15, 0.2) is 0 Å². The monoisotopic (exact) mass is 275 g/mol. The van der Waals surface area contributed by atoms with E-state index in [4.69, 9.17) is 10.00 Å². The van der Waals surface area contributed by atoms with E-state index in [0.717, 1.165) is 0 Å².